The van der Waals surface area contributed by atoms with E-state index in [0.717, 1.165) is 47.5 Å². The number of ether oxygens (including phenoxy) is 1. The van der Waals surface area contributed by atoms with Crippen LogP contribution in [0.25, 0.3) is 0 Å². The van der Waals surface area contributed by atoms with Crippen LogP contribution in [0.15, 0.2) is 6.20 Å². The van der Waals surface area contributed by atoms with Crippen molar-refractivity contribution in [1.82, 2.24) is 15.1 Å². The molecule has 3 rings (SSSR count). The van der Waals surface area contributed by atoms with Crippen molar-refractivity contribution in [3.63, 3.8) is 0 Å². The van der Waals surface area contributed by atoms with E-state index in [9.17, 15) is 4.79 Å². The molecule has 1 aliphatic carbocycles. The fourth-order valence-corrected chi connectivity index (χ4v) is 4.99. The maximum atomic E-state index is 12.4. The van der Waals surface area contributed by atoms with Crippen LogP contribution in [0.3, 0.4) is 0 Å². The van der Waals surface area contributed by atoms with Gasteiger partial charge in [-0.05, 0) is 50.4 Å². The Hall–Kier alpha value is -1.93. The summed E-state index contributed by atoms with van der Waals surface area (Å²) in [5.41, 5.74) is 3.86. The van der Waals surface area contributed by atoms with Crippen LogP contribution in [0.1, 0.15) is 57.7 Å². The molecule has 0 saturated carbocycles. The van der Waals surface area contributed by atoms with Gasteiger partial charge in [-0.2, -0.15) is 5.10 Å². The van der Waals surface area contributed by atoms with Crippen molar-refractivity contribution in [1.29, 1.82) is 0 Å². The molecule has 0 aliphatic heterocycles. The third-order valence-electron chi connectivity index (χ3n) is 4.84. The Morgan fingerprint density at radius 2 is 2.07 bits per heavy atom. The second kappa shape index (κ2) is 8.84. The predicted octanol–water partition coefficient (Wildman–Crippen LogP) is 3.72. The average Bonchev–Trinajstić information content (AvgIpc) is 3.11. The van der Waals surface area contributed by atoms with Crippen LogP contribution in [-0.2, 0) is 31.2 Å². The van der Waals surface area contributed by atoms with E-state index in [-0.39, 0.29) is 5.97 Å². The summed E-state index contributed by atoms with van der Waals surface area (Å²) < 4.78 is 6.84. The Balaban J connectivity index is 1.76. The van der Waals surface area contributed by atoms with E-state index < -0.39 is 0 Å². The first-order valence-corrected chi connectivity index (χ1v) is 10.5. The van der Waals surface area contributed by atoms with E-state index in [0.29, 0.717) is 17.2 Å². The molecule has 6 nitrogen and oxygen atoms in total. The van der Waals surface area contributed by atoms with Crippen LogP contribution in [0.2, 0.25) is 0 Å². The van der Waals surface area contributed by atoms with Gasteiger partial charge in [0.05, 0.1) is 18.4 Å². The number of nitrogens with zero attached hydrogens (tertiary/aromatic N) is 2. The molecule has 0 bridgehead atoms. The molecule has 0 fully saturated rings. The number of esters is 1. The van der Waals surface area contributed by atoms with Crippen molar-refractivity contribution in [2.24, 2.45) is 7.05 Å². The maximum absolute atomic E-state index is 12.4. The topological polar surface area (TPSA) is 68.2 Å². The Morgan fingerprint density at radius 1 is 1.33 bits per heavy atom. The second-order valence-corrected chi connectivity index (χ2v) is 8.35. The fraction of sp³-hybridized carbons (Fsp3) is 0.526. The Bertz CT molecular complexity index is 841. The average molecular weight is 407 g/mol. The largest absolute Gasteiger partial charge is 0.465 e. The summed E-state index contributed by atoms with van der Waals surface area (Å²) in [4.78, 5) is 13.7. The quantitative estimate of drug-likeness (QED) is 0.596. The van der Waals surface area contributed by atoms with Gasteiger partial charge in [0.1, 0.15) is 5.00 Å². The van der Waals surface area contributed by atoms with Gasteiger partial charge >= 0.3 is 5.97 Å². The summed E-state index contributed by atoms with van der Waals surface area (Å²) in [6.45, 7) is 2.56. The fourth-order valence-electron chi connectivity index (χ4n) is 3.47. The summed E-state index contributed by atoms with van der Waals surface area (Å²) in [5.74, 6) is -0.290. The number of anilines is 1. The van der Waals surface area contributed by atoms with E-state index in [1.807, 2.05) is 20.2 Å². The lowest BCUT2D eigenvalue weighted by molar-refractivity contribution is 0.0601. The van der Waals surface area contributed by atoms with Crippen molar-refractivity contribution >= 4 is 39.6 Å². The number of nitrogens with one attached hydrogen (secondary N) is 2. The predicted molar refractivity (Wildman–Crippen MR) is 113 cm³/mol. The zero-order valence-electron chi connectivity index (χ0n) is 16.1. The second-order valence-electron chi connectivity index (χ2n) is 6.83. The maximum Gasteiger partial charge on any atom is 0.341 e. The minimum atomic E-state index is -0.290. The highest BCUT2D eigenvalue weighted by Crippen LogP contribution is 2.37. The summed E-state index contributed by atoms with van der Waals surface area (Å²) >= 11 is 7.10. The molecule has 2 aromatic rings. The number of fused-ring (bicyclic) bond motifs is 1. The van der Waals surface area contributed by atoms with Crippen molar-refractivity contribution in [3.8, 4) is 0 Å². The van der Waals surface area contributed by atoms with Crippen molar-refractivity contribution < 1.29 is 9.53 Å². The molecule has 0 radical (unpaired) electrons. The van der Waals surface area contributed by atoms with Gasteiger partial charge in [-0.15, -0.1) is 11.3 Å². The number of carbonyl (C=O) groups excluding carboxylic acids is 1. The third kappa shape index (κ3) is 4.68. The molecule has 0 aromatic carbocycles. The zero-order valence-corrected chi connectivity index (χ0v) is 17.7. The number of methoxy groups -OCH3 is 1. The zero-order chi connectivity index (χ0) is 19.4. The van der Waals surface area contributed by atoms with Crippen LogP contribution in [0.5, 0.6) is 0 Å². The number of hydrogen-bond donors (Lipinski definition) is 2. The monoisotopic (exact) mass is 406 g/mol. The number of aryl methyl sites for hydroxylation is 3. The van der Waals surface area contributed by atoms with Gasteiger partial charge in [-0.3, -0.25) is 4.68 Å². The lowest BCUT2D eigenvalue weighted by Crippen LogP contribution is -2.28. The van der Waals surface area contributed by atoms with Gasteiger partial charge in [0, 0.05) is 30.2 Å². The first kappa shape index (κ1) is 19.8. The van der Waals surface area contributed by atoms with Crippen LogP contribution < -0.4 is 10.6 Å². The molecule has 0 atom stereocenters. The Kier molecular flexibility index (Phi) is 6.49. The number of carbonyl (C=O) groups is 1. The standard InChI is InChI=1S/C19H26N4O2S2/c1-12-13(11-23(2)22-12)10-20-19(26)21-17-16(18(24)25-3)14-8-6-4-5-7-9-15(14)27-17/h11H,4-10H2,1-3H3,(H2,20,21,26). The highest BCUT2D eigenvalue weighted by molar-refractivity contribution is 7.80. The van der Waals surface area contributed by atoms with Gasteiger partial charge in [-0.1, -0.05) is 12.8 Å². The highest BCUT2D eigenvalue weighted by Gasteiger charge is 2.25. The minimum absolute atomic E-state index is 0.290. The Labute approximate surface area is 169 Å². The number of thiocarbonyl (C=S) groups is 1. The molecule has 1 aliphatic rings. The first-order chi connectivity index (χ1) is 13.0. The molecule has 2 aromatic heterocycles. The normalized spacial score (nSPS) is 14.0. The lowest BCUT2D eigenvalue weighted by atomic mass is 9.96. The van der Waals surface area contributed by atoms with Crippen molar-refractivity contribution in [2.45, 2.75) is 52.0 Å². The molecular formula is C19H26N4O2S2. The molecule has 2 N–H and O–H groups in total. The van der Waals surface area contributed by atoms with E-state index in [2.05, 4.69) is 15.7 Å². The van der Waals surface area contributed by atoms with Gasteiger partial charge in [0.15, 0.2) is 5.11 Å². The van der Waals surface area contributed by atoms with Gasteiger partial charge in [-0.25, -0.2) is 4.79 Å². The van der Waals surface area contributed by atoms with Crippen LogP contribution in [0.4, 0.5) is 5.00 Å². The van der Waals surface area contributed by atoms with E-state index in [4.69, 9.17) is 17.0 Å². The van der Waals surface area contributed by atoms with Crippen molar-refractivity contribution in [2.75, 3.05) is 12.4 Å². The van der Waals surface area contributed by atoms with Crippen LogP contribution >= 0.6 is 23.6 Å². The molecule has 27 heavy (non-hydrogen) atoms. The summed E-state index contributed by atoms with van der Waals surface area (Å²) in [5, 5.41) is 12.1. The van der Waals surface area contributed by atoms with Gasteiger partial charge in [0.25, 0.3) is 0 Å². The van der Waals surface area contributed by atoms with Crippen molar-refractivity contribution in [3.05, 3.63) is 33.5 Å². The molecule has 0 amide bonds. The molecule has 0 spiro atoms. The summed E-state index contributed by atoms with van der Waals surface area (Å²) in [7, 11) is 3.33. The highest BCUT2D eigenvalue weighted by atomic mass is 32.1. The van der Waals surface area contributed by atoms with E-state index in [1.54, 1.807) is 16.0 Å². The van der Waals surface area contributed by atoms with Gasteiger partial charge < -0.3 is 15.4 Å². The van der Waals surface area contributed by atoms with Crippen LogP contribution in [0, 0.1) is 6.92 Å². The molecule has 2 heterocycles. The minimum Gasteiger partial charge on any atom is -0.465 e. The summed E-state index contributed by atoms with van der Waals surface area (Å²) in [6.07, 6.45) is 8.64. The van der Waals surface area contributed by atoms with Crippen LogP contribution in [-0.4, -0.2) is 28.0 Å². The van der Waals surface area contributed by atoms with E-state index >= 15 is 0 Å². The molecule has 0 saturated heterocycles. The Morgan fingerprint density at radius 3 is 2.74 bits per heavy atom. The molecule has 146 valence electrons. The summed E-state index contributed by atoms with van der Waals surface area (Å²) in [6, 6.07) is 0. The number of thiophene rings is 1. The first-order valence-electron chi connectivity index (χ1n) is 9.26. The lowest BCUT2D eigenvalue weighted by Gasteiger charge is -2.12. The number of hydrogen-bond acceptors (Lipinski definition) is 5. The number of rotatable bonds is 4. The molecule has 0 unspecified atom stereocenters. The SMILES string of the molecule is COC(=O)c1c(NC(=S)NCc2cn(C)nc2C)sc2c1CCCCCC2. The number of aromatic nitrogens is 2. The molecular weight excluding hydrogens is 380 g/mol. The molecule has 8 heteroatoms. The van der Waals surface area contributed by atoms with Gasteiger partial charge in [0.2, 0.25) is 0 Å². The smallest absolute Gasteiger partial charge is 0.341 e. The van der Waals surface area contributed by atoms with E-state index in [1.165, 1.54) is 24.8 Å². The third-order valence-corrected chi connectivity index (χ3v) is 6.30.